The molecule has 1 amide bonds. The van der Waals surface area contributed by atoms with Crippen LogP contribution in [0.15, 0.2) is 47.3 Å². The number of carbonyl (C=O) groups excluding carboxylic acids is 2. The number of nitrogens with one attached hydrogen (secondary N) is 1. The van der Waals surface area contributed by atoms with Crippen molar-refractivity contribution >= 4 is 28.8 Å². The third-order valence-corrected chi connectivity index (χ3v) is 3.39. The van der Waals surface area contributed by atoms with E-state index in [0.717, 1.165) is 5.56 Å². The molecule has 0 aliphatic carbocycles. The van der Waals surface area contributed by atoms with Crippen LogP contribution in [0.4, 0.5) is 5.82 Å². The minimum atomic E-state index is -0.967. The number of hydrogen-bond acceptors (Lipinski definition) is 6. The summed E-state index contributed by atoms with van der Waals surface area (Å²) in [4.78, 5) is 32.3. The van der Waals surface area contributed by atoms with Gasteiger partial charge in [-0.05, 0) is 49.7 Å². The summed E-state index contributed by atoms with van der Waals surface area (Å²) in [7, 11) is 0. The van der Waals surface area contributed by atoms with Gasteiger partial charge >= 0.3 is 5.97 Å². The highest BCUT2D eigenvalue weighted by molar-refractivity contribution is 5.98. The summed E-state index contributed by atoms with van der Waals surface area (Å²) in [6.45, 7) is 3.39. The molecule has 0 saturated carbocycles. The highest BCUT2D eigenvalue weighted by atomic mass is 16.5. The maximum atomic E-state index is 12.2. The fourth-order valence-corrected chi connectivity index (χ4v) is 2.10. The molecule has 0 aliphatic heterocycles. The number of ether oxygens (including phenoxy) is 1. The number of anilines is 1. The number of aryl methyl sites for hydroxylation is 1. The van der Waals surface area contributed by atoms with Gasteiger partial charge in [-0.1, -0.05) is 0 Å². The van der Waals surface area contributed by atoms with Gasteiger partial charge in [-0.25, -0.2) is 14.8 Å². The first-order valence-corrected chi connectivity index (χ1v) is 7.30. The van der Waals surface area contributed by atoms with E-state index < -0.39 is 18.0 Å². The lowest BCUT2D eigenvalue weighted by Crippen LogP contribution is -2.30. The number of hydrogen-bond donors (Lipinski definition) is 1. The van der Waals surface area contributed by atoms with E-state index >= 15 is 0 Å². The maximum Gasteiger partial charge on any atom is 0.339 e. The summed E-state index contributed by atoms with van der Waals surface area (Å²) < 4.78 is 10.3. The fraction of sp³-hybridized carbons (Fsp3) is 0.176. The number of nitrogens with zero attached hydrogens (tertiary/aromatic N) is 2. The van der Waals surface area contributed by atoms with Crippen LogP contribution in [-0.2, 0) is 9.53 Å². The minimum absolute atomic E-state index is 0.285. The number of amides is 1. The van der Waals surface area contributed by atoms with Crippen molar-refractivity contribution in [1.29, 1.82) is 0 Å². The second-order valence-electron chi connectivity index (χ2n) is 5.29. The van der Waals surface area contributed by atoms with Crippen LogP contribution in [0.3, 0.4) is 0 Å². The molecular weight excluding hydrogens is 310 g/mol. The Bertz CT molecular complexity index is 903. The van der Waals surface area contributed by atoms with Crippen LogP contribution >= 0.6 is 0 Å². The molecule has 3 rings (SSSR count). The molecule has 0 fully saturated rings. The number of pyridine rings is 1. The second kappa shape index (κ2) is 6.49. The van der Waals surface area contributed by atoms with Crippen molar-refractivity contribution < 1.29 is 18.7 Å². The van der Waals surface area contributed by atoms with Crippen LogP contribution < -0.4 is 5.32 Å². The van der Waals surface area contributed by atoms with Gasteiger partial charge in [-0.3, -0.25) is 4.79 Å². The average Bonchev–Trinajstić information content (AvgIpc) is 3.02. The molecule has 1 unspecified atom stereocenters. The lowest BCUT2D eigenvalue weighted by atomic mass is 10.2. The van der Waals surface area contributed by atoms with E-state index in [4.69, 9.17) is 9.15 Å². The van der Waals surface area contributed by atoms with E-state index in [-0.39, 0.29) is 5.56 Å². The van der Waals surface area contributed by atoms with Crippen LogP contribution in [0.1, 0.15) is 22.8 Å². The maximum absolute atomic E-state index is 12.2. The Labute approximate surface area is 137 Å². The van der Waals surface area contributed by atoms with Gasteiger partial charge in [0.05, 0.1) is 5.56 Å². The smallest absolute Gasteiger partial charge is 0.339 e. The van der Waals surface area contributed by atoms with E-state index in [1.807, 2.05) is 13.0 Å². The summed E-state index contributed by atoms with van der Waals surface area (Å²) in [5.41, 5.74) is 2.37. The molecule has 1 N–H and O–H groups in total. The number of esters is 1. The Balaban J connectivity index is 1.65. The van der Waals surface area contributed by atoms with Crippen molar-refractivity contribution in [3.63, 3.8) is 0 Å². The topological polar surface area (TPSA) is 94.3 Å². The molecule has 1 aromatic carbocycles. The first kappa shape index (κ1) is 15.7. The molecule has 2 heterocycles. The highest BCUT2D eigenvalue weighted by Gasteiger charge is 2.20. The molecule has 122 valence electrons. The Morgan fingerprint density at radius 2 is 2.04 bits per heavy atom. The molecule has 0 aliphatic rings. The van der Waals surface area contributed by atoms with Crippen LogP contribution in [0, 0.1) is 6.92 Å². The number of fused-ring (bicyclic) bond motifs is 1. The van der Waals surface area contributed by atoms with Crippen molar-refractivity contribution in [3.8, 4) is 0 Å². The van der Waals surface area contributed by atoms with Gasteiger partial charge in [-0.2, -0.15) is 0 Å². The number of oxazole rings is 1. The van der Waals surface area contributed by atoms with Crippen molar-refractivity contribution in [2.24, 2.45) is 0 Å². The zero-order chi connectivity index (χ0) is 17.1. The monoisotopic (exact) mass is 325 g/mol. The molecule has 3 aromatic rings. The fourth-order valence-electron chi connectivity index (χ4n) is 2.10. The molecule has 0 spiro atoms. The van der Waals surface area contributed by atoms with Crippen LogP contribution in [-0.4, -0.2) is 27.9 Å². The summed E-state index contributed by atoms with van der Waals surface area (Å²) in [5, 5.41) is 2.61. The van der Waals surface area contributed by atoms with Crippen molar-refractivity contribution in [1.82, 2.24) is 9.97 Å². The van der Waals surface area contributed by atoms with Gasteiger partial charge in [0, 0.05) is 6.20 Å². The SMILES string of the molecule is Cc1ccnc(NC(=O)C(C)OC(=O)c2ccc3ncoc3c2)c1. The molecule has 1 atom stereocenters. The van der Waals surface area contributed by atoms with Gasteiger partial charge in [0.1, 0.15) is 11.3 Å². The predicted molar refractivity (Wildman–Crippen MR) is 86.5 cm³/mol. The lowest BCUT2D eigenvalue weighted by molar-refractivity contribution is -0.123. The Morgan fingerprint density at radius 3 is 2.83 bits per heavy atom. The molecule has 2 aromatic heterocycles. The molecule has 24 heavy (non-hydrogen) atoms. The van der Waals surface area contributed by atoms with Crippen molar-refractivity contribution in [2.75, 3.05) is 5.32 Å². The van der Waals surface area contributed by atoms with Crippen LogP contribution in [0.5, 0.6) is 0 Å². The van der Waals surface area contributed by atoms with E-state index in [0.29, 0.717) is 16.9 Å². The molecule has 0 bridgehead atoms. The zero-order valence-electron chi connectivity index (χ0n) is 13.1. The lowest BCUT2D eigenvalue weighted by Gasteiger charge is -2.13. The third kappa shape index (κ3) is 3.40. The Kier molecular flexibility index (Phi) is 4.24. The summed E-state index contributed by atoms with van der Waals surface area (Å²) >= 11 is 0. The molecular formula is C17H15N3O4. The van der Waals surface area contributed by atoms with Crippen molar-refractivity contribution in [2.45, 2.75) is 20.0 Å². The number of carbonyl (C=O) groups is 2. The van der Waals surface area contributed by atoms with E-state index in [9.17, 15) is 9.59 Å². The Hall–Kier alpha value is -3.22. The van der Waals surface area contributed by atoms with Crippen LogP contribution in [0.2, 0.25) is 0 Å². The van der Waals surface area contributed by atoms with E-state index in [2.05, 4.69) is 15.3 Å². The zero-order valence-corrected chi connectivity index (χ0v) is 13.1. The Morgan fingerprint density at radius 1 is 1.21 bits per heavy atom. The first-order valence-electron chi connectivity index (χ1n) is 7.30. The van der Waals surface area contributed by atoms with Crippen LogP contribution in [0.25, 0.3) is 11.1 Å². The number of benzene rings is 1. The molecule has 7 nitrogen and oxygen atoms in total. The molecule has 7 heteroatoms. The average molecular weight is 325 g/mol. The minimum Gasteiger partial charge on any atom is -0.449 e. The summed E-state index contributed by atoms with van der Waals surface area (Å²) in [6.07, 6.45) is 1.92. The van der Waals surface area contributed by atoms with Gasteiger partial charge < -0.3 is 14.5 Å². The largest absolute Gasteiger partial charge is 0.449 e. The molecule has 0 saturated heterocycles. The van der Waals surface area contributed by atoms with Crippen molar-refractivity contribution in [3.05, 3.63) is 54.0 Å². The second-order valence-corrected chi connectivity index (χ2v) is 5.29. The standard InChI is InChI=1S/C17H15N3O4/c1-10-5-6-18-15(7-10)20-16(21)11(2)24-17(22)12-3-4-13-14(8-12)23-9-19-13/h3-9,11H,1-2H3,(H,18,20,21). The van der Waals surface area contributed by atoms with Gasteiger partial charge in [-0.15, -0.1) is 0 Å². The predicted octanol–water partition coefficient (Wildman–Crippen LogP) is 2.72. The summed E-state index contributed by atoms with van der Waals surface area (Å²) in [5.74, 6) is -0.665. The van der Waals surface area contributed by atoms with Gasteiger partial charge in [0.25, 0.3) is 5.91 Å². The van der Waals surface area contributed by atoms with Gasteiger partial charge in [0.15, 0.2) is 18.1 Å². The number of aromatic nitrogens is 2. The third-order valence-electron chi connectivity index (χ3n) is 3.39. The van der Waals surface area contributed by atoms with Gasteiger partial charge in [0.2, 0.25) is 0 Å². The molecule has 0 radical (unpaired) electrons. The highest BCUT2D eigenvalue weighted by Crippen LogP contribution is 2.16. The van der Waals surface area contributed by atoms with E-state index in [1.165, 1.54) is 19.4 Å². The number of rotatable bonds is 4. The summed E-state index contributed by atoms with van der Waals surface area (Å²) in [6, 6.07) is 8.29. The quantitative estimate of drug-likeness (QED) is 0.741. The normalized spacial score (nSPS) is 11.9. The first-order chi connectivity index (χ1) is 11.5. The van der Waals surface area contributed by atoms with E-state index in [1.54, 1.807) is 24.4 Å².